The van der Waals surface area contributed by atoms with E-state index in [-0.39, 0.29) is 5.82 Å². The fourth-order valence-electron chi connectivity index (χ4n) is 4.76. The number of fused-ring (bicyclic) bond motifs is 1. The Morgan fingerprint density at radius 1 is 1.00 bits per heavy atom. The number of benzene rings is 1. The highest BCUT2D eigenvalue weighted by atomic mass is 32.3. The molecule has 0 atom stereocenters. The van der Waals surface area contributed by atoms with E-state index in [4.69, 9.17) is 4.98 Å². The predicted molar refractivity (Wildman–Crippen MR) is 160 cm³/mol. The predicted octanol–water partition coefficient (Wildman–Crippen LogP) is 4.44. The van der Waals surface area contributed by atoms with E-state index in [0.717, 1.165) is 38.3 Å². The van der Waals surface area contributed by atoms with Gasteiger partial charge in [-0.15, -0.1) is 0 Å². The van der Waals surface area contributed by atoms with E-state index in [1.807, 2.05) is 25.1 Å². The largest absolute Gasteiger partial charge is 0.369 e. The summed E-state index contributed by atoms with van der Waals surface area (Å²) in [6, 6.07) is 13.6. The van der Waals surface area contributed by atoms with Gasteiger partial charge in [0.05, 0.1) is 11.1 Å². The zero-order valence-corrected chi connectivity index (χ0v) is 24.1. The van der Waals surface area contributed by atoms with Crippen molar-refractivity contribution in [3.8, 4) is 5.82 Å². The fourth-order valence-corrected chi connectivity index (χ4v) is 5.58. The number of anilines is 4. The van der Waals surface area contributed by atoms with Crippen LogP contribution in [0.5, 0.6) is 0 Å². The molecule has 0 unspecified atom stereocenters. The Morgan fingerprint density at radius 3 is 2.38 bits per heavy atom. The van der Waals surface area contributed by atoms with Gasteiger partial charge in [0.25, 0.3) is 0 Å². The van der Waals surface area contributed by atoms with Gasteiger partial charge in [0.2, 0.25) is 5.95 Å². The third kappa shape index (κ3) is 6.20. The Balaban J connectivity index is 1.48. The normalized spacial score (nSPS) is 15.7. The summed E-state index contributed by atoms with van der Waals surface area (Å²) in [5.74, 6) is 0.966. The Bertz CT molecular complexity index is 1540. The number of nitrogens with zero attached hydrogens (tertiary/aromatic N) is 6. The number of aromatic nitrogens is 4. The van der Waals surface area contributed by atoms with Gasteiger partial charge in [-0.25, -0.2) is 14.4 Å². The average molecular weight is 553 g/mol. The Kier molecular flexibility index (Phi) is 7.06. The lowest BCUT2D eigenvalue weighted by atomic mass is 10.2. The smallest absolute Gasteiger partial charge is 0.229 e. The maximum atomic E-state index is 15.6. The van der Waals surface area contributed by atoms with Gasteiger partial charge < -0.3 is 19.8 Å². The van der Waals surface area contributed by atoms with Crippen molar-refractivity contribution in [1.82, 2.24) is 24.4 Å². The molecule has 1 saturated heterocycles. The first kappa shape index (κ1) is 27.0. The number of hydrogen-bond donors (Lipinski definition) is 2. The summed E-state index contributed by atoms with van der Waals surface area (Å²) in [6.07, 6.45) is 7.74. The van der Waals surface area contributed by atoms with Crippen LogP contribution in [0, 0.1) is 5.82 Å². The summed E-state index contributed by atoms with van der Waals surface area (Å²) in [7, 11) is -0.925. The molecule has 0 spiro atoms. The van der Waals surface area contributed by atoms with Crippen LogP contribution in [0.15, 0.2) is 48.7 Å². The molecule has 208 valence electrons. The molecule has 0 radical (unpaired) electrons. The van der Waals surface area contributed by atoms with Gasteiger partial charge in [0, 0.05) is 62.5 Å². The van der Waals surface area contributed by atoms with E-state index in [1.54, 1.807) is 35.5 Å². The monoisotopic (exact) mass is 552 g/mol. The first-order valence-electron chi connectivity index (χ1n) is 13.2. The number of piperazine rings is 1. The van der Waals surface area contributed by atoms with Crippen LogP contribution < -0.4 is 14.9 Å². The fraction of sp³-hybridized carbons (Fsp3) is 0.393. The number of rotatable bonds is 8. The molecule has 1 aliphatic heterocycles. The SMILES string of the molecule is CCCc1c(F)c2cnc(Nc3ccc(N4CCN(C)CC4)cc3)nc2n1-c1cccc(NS(C)(C)(C)=O)n1. The quantitative estimate of drug-likeness (QED) is 0.334. The van der Waals surface area contributed by atoms with E-state index in [1.165, 1.54) is 11.9 Å². The lowest BCUT2D eigenvalue weighted by Gasteiger charge is -2.34. The van der Waals surface area contributed by atoms with Gasteiger partial charge in [0.15, 0.2) is 11.5 Å². The number of halogens is 1. The van der Waals surface area contributed by atoms with Crippen molar-refractivity contribution in [2.24, 2.45) is 0 Å². The average Bonchev–Trinajstić information content (AvgIpc) is 3.15. The van der Waals surface area contributed by atoms with Gasteiger partial charge in [-0.1, -0.05) is 19.4 Å². The van der Waals surface area contributed by atoms with E-state index in [9.17, 15) is 4.21 Å². The molecule has 0 aliphatic carbocycles. The Morgan fingerprint density at radius 2 is 1.72 bits per heavy atom. The Hall–Kier alpha value is -3.57. The second kappa shape index (κ2) is 10.2. The van der Waals surface area contributed by atoms with Crippen molar-refractivity contribution in [3.63, 3.8) is 0 Å². The summed E-state index contributed by atoms with van der Waals surface area (Å²) >= 11 is 0. The molecule has 4 heterocycles. The van der Waals surface area contributed by atoms with Crippen molar-refractivity contribution in [2.45, 2.75) is 19.8 Å². The highest BCUT2D eigenvalue weighted by Crippen LogP contribution is 2.30. The van der Waals surface area contributed by atoms with E-state index in [0.29, 0.717) is 40.7 Å². The molecule has 0 saturated carbocycles. The number of hydrogen-bond acceptors (Lipinski definition) is 7. The molecular weight excluding hydrogens is 515 g/mol. The van der Waals surface area contributed by atoms with Gasteiger partial charge >= 0.3 is 0 Å². The van der Waals surface area contributed by atoms with E-state index < -0.39 is 9.25 Å². The highest BCUT2D eigenvalue weighted by molar-refractivity contribution is 8.19. The molecule has 4 aromatic rings. The summed E-state index contributed by atoms with van der Waals surface area (Å²) in [6.45, 7) is 6.11. The zero-order chi connectivity index (χ0) is 27.8. The van der Waals surface area contributed by atoms with Gasteiger partial charge in [0.1, 0.15) is 11.6 Å². The standard InChI is InChI=1S/C28H37FN8OS/c1-6-8-23-26(29)22-19-30-28(31-20-11-13-21(14-12-20)36-17-15-35(2)16-18-36)33-27(22)37(23)25-10-7-9-24(32-25)34-39(3,4,5)38/h7,9-14,19H,6,8,15-18H2,1-5H3,(H,30,31,33)(H,32,34,38). The van der Waals surface area contributed by atoms with Crippen LogP contribution in [-0.4, -0.2) is 80.6 Å². The summed E-state index contributed by atoms with van der Waals surface area (Å²) in [5, 5.41) is 3.60. The lowest BCUT2D eigenvalue weighted by molar-refractivity contribution is 0.313. The van der Waals surface area contributed by atoms with Crippen LogP contribution in [0.3, 0.4) is 0 Å². The minimum atomic E-state index is -3.07. The van der Waals surface area contributed by atoms with Crippen LogP contribution in [-0.2, 0) is 15.7 Å². The minimum absolute atomic E-state index is 0.331. The summed E-state index contributed by atoms with van der Waals surface area (Å²) < 4.78 is 33.2. The molecule has 2 N–H and O–H groups in total. The molecule has 1 fully saturated rings. The maximum Gasteiger partial charge on any atom is 0.229 e. The second-order valence-corrected chi connectivity index (χ2v) is 16.2. The topological polar surface area (TPSA) is 91.2 Å². The third-order valence-electron chi connectivity index (χ3n) is 6.63. The molecule has 5 rings (SSSR count). The van der Waals surface area contributed by atoms with Crippen LogP contribution in [0.2, 0.25) is 0 Å². The van der Waals surface area contributed by atoms with Gasteiger partial charge in [-0.3, -0.25) is 8.78 Å². The molecule has 1 aromatic carbocycles. The zero-order valence-electron chi connectivity index (χ0n) is 23.2. The number of likely N-dealkylation sites (N-methyl/N-ethyl adjacent to an activating group) is 1. The summed E-state index contributed by atoms with van der Waals surface area (Å²) in [5.41, 5.74) is 2.94. The highest BCUT2D eigenvalue weighted by Gasteiger charge is 2.23. The van der Waals surface area contributed by atoms with Crippen molar-refractivity contribution >= 4 is 43.4 Å². The Labute approximate surface area is 229 Å². The molecule has 0 bridgehead atoms. The number of nitrogens with one attached hydrogen (secondary N) is 2. The van der Waals surface area contributed by atoms with Crippen molar-refractivity contribution in [1.29, 1.82) is 0 Å². The van der Waals surface area contributed by atoms with Crippen LogP contribution in [0.25, 0.3) is 16.9 Å². The van der Waals surface area contributed by atoms with Gasteiger partial charge in [-0.2, -0.15) is 4.98 Å². The van der Waals surface area contributed by atoms with Crippen molar-refractivity contribution < 1.29 is 8.60 Å². The molecular formula is C28H37FN8OS. The second-order valence-electron chi connectivity index (χ2n) is 11.1. The van der Waals surface area contributed by atoms with Crippen LogP contribution in [0.4, 0.5) is 27.5 Å². The minimum Gasteiger partial charge on any atom is -0.369 e. The first-order chi connectivity index (χ1) is 18.5. The van der Waals surface area contributed by atoms with Gasteiger partial charge in [-0.05, 0) is 59.1 Å². The third-order valence-corrected chi connectivity index (χ3v) is 7.54. The first-order valence-corrected chi connectivity index (χ1v) is 16.4. The molecule has 1 aliphatic rings. The lowest BCUT2D eigenvalue weighted by Crippen LogP contribution is -2.44. The van der Waals surface area contributed by atoms with Crippen LogP contribution in [0.1, 0.15) is 19.0 Å². The maximum absolute atomic E-state index is 15.6. The molecule has 9 nitrogen and oxygen atoms in total. The molecule has 0 amide bonds. The van der Waals surface area contributed by atoms with E-state index in [2.05, 4.69) is 49.0 Å². The van der Waals surface area contributed by atoms with Crippen molar-refractivity contribution in [2.75, 3.05) is 66.9 Å². The van der Waals surface area contributed by atoms with Crippen LogP contribution >= 0.6 is 0 Å². The molecule has 3 aromatic heterocycles. The van der Waals surface area contributed by atoms with Crippen molar-refractivity contribution in [3.05, 3.63) is 60.2 Å². The summed E-state index contributed by atoms with van der Waals surface area (Å²) in [4.78, 5) is 18.5. The van der Waals surface area contributed by atoms with E-state index >= 15 is 4.39 Å². The molecule has 39 heavy (non-hydrogen) atoms. The number of pyridine rings is 1. The molecule has 11 heteroatoms.